The summed E-state index contributed by atoms with van der Waals surface area (Å²) in [5.74, 6) is 3.40. The topological polar surface area (TPSA) is 0 Å². The summed E-state index contributed by atoms with van der Waals surface area (Å²) in [7, 11) is 0. The Morgan fingerprint density at radius 1 is 1.18 bits per heavy atom. The molecule has 3 atom stereocenters. The third kappa shape index (κ3) is 3.51. The molecule has 0 bridgehead atoms. The van der Waals surface area contributed by atoms with Crippen molar-refractivity contribution in [1.82, 2.24) is 0 Å². The van der Waals surface area contributed by atoms with Crippen LogP contribution in [0.4, 0.5) is 0 Å². The van der Waals surface area contributed by atoms with Gasteiger partial charge in [-0.1, -0.05) is 37.1 Å². The highest BCUT2D eigenvalue weighted by Gasteiger charge is 2.34. The van der Waals surface area contributed by atoms with Gasteiger partial charge < -0.3 is 0 Å². The van der Waals surface area contributed by atoms with E-state index in [2.05, 4.69) is 39.8 Å². The van der Waals surface area contributed by atoms with E-state index in [1.807, 2.05) is 0 Å². The molecule has 100 valence electrons. The van der Waals surface area contributed by atoms with Crippen LogP contribution >= 0.6 is 24.8 Å². The maximum atomic E-state index is 2.58. The molecule has 0 saturated heterocycles. The van der Waals surface area contributed by atoms with Crippen LogP contribution < -0.4 is 0 Å². The van der Waals surface area contributed by atoms with Gasteiger partial charge in [-0.25, -0.2) is 0 Å². The first-order valence-electron chi connectivity index (χ1n) is 6.43. The summed E-state index contributed by atoms with van der Waals surface area (Å²) in [5, 5.41) is 0. The van der Waals surface area contributed by atoms with Crippen LogP contribution in [-0.2, 0) is 0 Å². The third-order valence-corrected chi connectivity index (χ3v) is 4.44. The van der Waals surface area contributed by atoms with Crippen LogP contribution in [0.2, 0.25) is 0 Å². The van der Waals surface area contributed by atoms with Crippen LogP contribution in [0.5, 0.6) is 0 Å². The van der Waals surface area contributed by atoms with E-state index in [1.165, 1.54) is 19.3 Å². The highest BCUT2D eigenvalue weighted by atomic mass is 35.5. The lowest BCUT2D eigenvalue weighted by Gasteiger charge is -2.41. The van der Waals surface area contributed by atoms with E-state index in [4.69, 9.17) is 0 Å². The fraction of sp³-hybridized carbons (Fsp3) is 0.733. The number of allylic oxidation sites excluding steroid dienone is 4. The molecule has 0 amide bonds. The van der Waals surface area contributed by atoms with Crippen molar-refractivity contribution in [2.75, 3.05) is 0 Å². The standard InChI is InChI=1S/C15H24.2ClH/c1-10(2)13-8-6-12(4)14-7-5-11(3)9-15(13)14;;/h6,9-10,13-15H,5,7-8H2,1-4H3;2*1H/t13-,14-,15+;;/m0../s1. The zero-order valence-electron chi connectivity index (χ0n) is 11.4. The summed E-state index contributed by atoms with van der Waals surface area (Å²) < 4.78 is 0. The van der Waals surface area contributed by atoms with Crippen LogP contribution in [0.25, 0.3) is 0 Å². The summed E-state index contributed by atoms with van der Waals surface area (Å²) in [5.41, 5.74) is 3.28. The van der Waals surface area contributed by atoms with Gasteiger partial charge in [-0.15, -0.1) is 24.8 Å². The van der Waals surface area contributed by atoms with E-state index >= 15 is 0 Å². The summed E-state index contributed by atoms with van der Waals surface area (Å²) in [6.07, 6.45) is 9.08. The van der Waals surface area contributed by atoms with E-state index in [1.54, 1.807) is 11.1 Å². The Bertz CT molecular complexity index is 302. The van der Waals surface area contributed by atoms with Gasteiger partial charge in [0, 0.05) is 0 Å². The molecule has 0 aromatic heterocycles. The molecular weight excluding hydrogens is 251 g/mol. The largest absolute Gasteiger partial charge is 0.147 e. The molecule has 0 nitrogen and oxygen atoms in total. The number of hydrogen-bond donors (Lipinski definition) is 0. The molecule has 0 saturated carbocycles. The van der Waals surface area contributed by atoms with Crippen molar-refractivity contribution < 1.29 is 0 Å². The van der Waals surface area contributed by atoms with Gasteiger partial charge in [0.05, 0.1) is 0 Å². The first kappa shape index (κ1) is 17.1. The fourth-order valence-electron chi connectivity index (χ4n) is 3.40. The van der Waals surface area contributed by atoms with Gasteiger partial charge in [-0.3, -0.25) is 0 Å². The van der Waals surface area contributed by atoms with Gasteiger partial charge in [0.25, 0.3) is 0 Å². The first-order chi connectivity index (χ1) is 7.09. The van der Waals surface area contributed by atoms with E-state index < -0.39 is 0 Å². The van der Waals surface area contributed by atoms with Crippen molar-refractivity contribution in [2.45, 2.75) is 47.0 Å². The molecule has 2 heteroatoms. The van der Waals surface area contributed by atoms with Crippen LogP contribution in [0.1, 0.15) is 47.0 Å². The van der Waals surface area contributed by atoms with Crippen molar-refractivity contribution in [3.05, 3.63) is 23.3 Å². The smallest absolute Gasteiger partial charge is 0.0132 e. The average molecular weight is 277 g/mol. The van der Waals surface area contributed by atoms with Crippen LogP contribution in [0, 0.1) is 23.7 Å². The Kier molecular flexibility index (Phi) is 6.87. The summed E-state index contributed by atoms with van der Waals surface area (Å²) in [6.45, 7) is 9.41. The molecule has 0 aromatic carbocycles. The van der Waals surface area contributed by atoms with Gasteiger partial charge in [-0.05, 0) is 56.8 Å². The molecule has 0 unspecified atom stereocenters. The van der Waals surface area contributed by atoms with E-state index in [9.17, 15) is 0 Å². The van der Waals surface area contributed by atoms with Gasteiger partial charge in [-0.2, -0.15) is 0 Å². The Labute approximate surface area is 119 Å². The zero-order valence-corrected chi connectivity index (χ0v) is 13.0. The van der Waals surface area contributed by atoms with E-state index in [-0.39, 0.29) is 24.8 Å². The van der Waals surface area contributed by atoms with E-state index in [0.717, 1.165) is 23.7 Å². The molecule has 0 aromatic rings. The van der Waals surface area contributed by atoms with Gasteiger partial charge in [0.2, 0.25) is 0 Å². The van der Waals surface area contributed by atoms with Crippen LogP contribution in [0.3, 0.4) is 0 Å². The normalized spacial score (nSPS) is 31.7. The van der Waals surface area contributed by atoms with Gasteiger partial charge >= 0.3 is 0 Å². The lowest BCUT2D eigenvalue weighted by Crippen LogP contribution is -2.31. The van der Waals surface area contributed by atoms with E-state index in [0.29, 0.717) is 0 Å². The second kappa shape index (κ2) is 6.85. The summed E-state index contributed by atoms with van der Waals surface area (Å²) in [6, 6.07) is 0. The second-order valence-corrected chi connectivity index (χ2v) is 5.83. The quantitative estimate of drug-likeness (QED) is 0.561. The highest BCUT2D eigenvalue weighted by Crippen LogP contribution is 2.45. The molecule has 0 fully saturated rings. The molecule has 2 rings (SSSR count). The lowest BCUT2D eigenvalue weighted by atomic mass is 9.64. The van der Waals surface area contributed by atoms with Crippen molar-refractivity contribution in [3.8, 4) is 0 Å². The molecule has 2 aliphatic rings. The minimum atomic E-state index is 0. The third-order valence-electron chi connectivity index (χ3n) is 4.44. The Hall–Kier alpha value is 0.0600. The average Bonchev–Trinajstić information content (AvgIpc) is 2.17. The monoisotopic (exact) mass is 276 g/mol. The predicted molar refractivity (Wildman–Crippen MR) is 81.2 cm³/mol. The lowest BCUT2D eigenvalue weighted by molar-refractivity contribution is 0.210. The minimum Gasteiger partial charge on any atom is -0.147 e. The van der Waals surface area contributed by atoms with Crippen molar-refractivity contribution in [2.24, 2.45) is 23.7 Å². The van der Waals surface area contributed by atoms with Crippen LogP contribution in [-0.4, -0.2) is 0 Å². The molecule has 2 aliphatic carbocycles. The van der Waals surface area contributed by atoms with Crippen molar-refractivity contribution >= 4 is 24.8 Å². The highest BCUT2D eigenvalue weighted by molar-refractivity contribution is 5.85. The maximum Gasteiger partial charge on any atom is -0.0132 e. The first-order valence-corrected chi connectivity index (χ1v) is 6.43. The van der Waals surface area contributed by atoms with Crippen molar-refractivity contribution in [3.63, 3.8) is 0 Å². The minimum absolute atomic E-state index is 0. The van der Waals surface area contributed by atoms with Gasteiger partial charge in [0.1, 0.15) is 0 Å². The second-order valence-electron chi connectivity index (χ2n) is 5.83. The number of halogens is 2. The van der Waals surface area contributed by atoms with Crippen molar-refractivity contribution in [1.29, 1.82) is 0 Å². The molecule has 0 radical (unpaired) electrons. The number of rotatable bonds is 1. The molecule has 0 spiro atoms. The fourth-order valence-corrected chi connectivity index (χ4v) is 3.40. The summed E-state index contributed by atoms with van der Waals surface area (Å²) in [4.78, 5) is 0. The number of hydrogen-bond acceptors (Lipinski definition) is 0. The Morgan fingerprint density at radius 3 is 2.41 bits per heavy atom. The number of fused-ring (bicyclic) bond motifs is 1. The molecule has 17 heavy (non-hydrogen) atoms. The molecule has 0 aliphatic heterocycles. The Balaban J connectivity index is 0.00000128. The van der Waals surface area contributed by atoms with Gasteiger partial charge in [0.15, 0.2) is 0 Å². The SMILES string of the molecule is CC1=C[C@H]2[C@@H](CC1)C(C)=CC[C@H]2C(C)C.Cl.Cl. The Morgan fingerprint density at radius 2 is 1.82 bits per heavy atom. The molecular formula is C15H26Cl2. The predicted octanol–water partition coefficient (Wildman–Crippen LogP) is 5.42. The summed E-state index contributed by atoms with van der Waals surface area (Å²) >= 11 is 0. The zero-order chi connectivity index (χ0) is 11.0. The molecule has 0 heterocycles. The molecule has 0 N–H and O–H groups in total. The maximum absolute atomic E-state index is 2.58. The van der Waals surface area contributed by atoms with Crippen LogP contribution in [0.15, 0.2) is 23.3 Å².